The van der Waals surface area contributed by atoms with Crippen LogP contribution in [0.5, 0.6) is 0 Å². The van der Waals surface area contributed by atoms with E-state index in [1.54, 1.807) is 25.1 Å². The van der Waals surface area contributed by atoms with Crippen LogP contribution in [0.4, 0.5) is 19.0 Å². The van der Waals surface area contributed by atoms with Crippen LogP contribution < -0.4 is 11.0 Å². The number of rotatable bonds is 8. The molecule has 0 aliphatic carbocycles. The first-order valence-corrected chi connectivity index (χ1v) is 12.0. The van der Waals surface area contributed by atoms with E-state index in [0.717, 1.165) is 6.07 Å². The molecule has 0 saturated heterocycles. The molecule has 1 aromatic carbocycles. The number of aromatic amines is 1. The lowest BCUT2D eigenvalue weighted by molar-refractivity contribution is -0.137. The number of hydrogen-bond acceptors (Lipinski definition) is 5. The number of benzene rings is 1. The number of hydrogen-bond donors (Lipinski definition) is 2. The Balaban J connectivity index is 1.80. The third-order valence-corrected chi connectivity index (χ3v) is 7.58. The zero-order valence-electron chi connectivity index (χ0n) is 17.8. The molecule has 0 amide bonds. The Kier molecular flexibility index (Phi) is 7.23. The fourth-order valence-corrected chi connectivity index (χ4v) is 5.14. The molecular formula is C21H22ClF3N4O3S. The van der Waals surface area contributed by atoms with E-state index in [1.807, 2.05) is 0 Å². The molecule has 0 saturated carbocycles. The molecule has 0 spiro atoms. The van der Waals surface area contributed by atoms with Gasteiger partial charge in [-0.3, -0.25) is 4.57 Å². The lowest BCUT2D eigenvalue weighted by Gasteiger charge is -2.15. The minimum absolute atomic E-state index is 0.0477. The van der Waals surface area contributed by atoms with Crippen LogP contribution in [0.15, 0.2) is 52.3 Å². The van der Waals surface area contributed by atoms with Gasteiger partial charge in [0, 0.05) is 25.0 Å². The van der Waals surface area contributed by atoms with Gasteiger partial charge in [0.25, 0.3) is 0 Å². The van der Waals surface area contributed by atoms with Gasteiger partial charge in [0.2, 0.25) is 0 Å². The van der Waals surface area contributed by atoms with Gasteiger partial charge in [-0.15, -0.1) is 0 Å². The molecular weight excluding hydrogens is 481 g/mol. The van der Waals surface area contributed by atoms with Crippen molar-refractivity contribution in [3.8, 4) is 0 Å². The van der Waals surface area contributed by atoms with Crippen LogP contribution in [-0.2, 0) is 29.0 Å². The summed E-state index contributed by atoms with van der Waals surface area (Å²) in [5.74, 6) is 0.0477. The van der Waals surface area contributed by atoms with Crippen LogP contribution >= 0.6 is 11.6 Å². The fourth-order valence-electron chi connectivity index (χ4n) is 3.46. The van der Waals surface area contributed by atoms with Gasteiger partial charge in [-0.1, -0.05) is 36.7 Å². The minimum Gasteiger partial charge on any atom is -0.367 e. The summed E-state index contributed by atoms with van der Waals surface area (Å²) in [6.07, 6.45) is -3.50. The summed E-state index contributed by atoms with van der Waals surface area (Å²) in [5, 5.41) is 1.62. The molecule has 33 heavy (non-hydrogen) atoms. The number of imidazole rings is 1. The monoisotopic (exact) mass is 502 g/mol. The maximum Gasteiger partial charge on any atom is 0.417 e. The van der Waals surface area contributed by atoms with Crippen molar-refractivity contribution in [3.63, 3.8) is 0 Å². The van der Waals surface area contributed by atoms with Crippen molar-refractivity contribution in [3.05, 3.63) is 75.1 Å². The molecule has 178 valence electrons. The Labute approximate surface area is 193 Å². The van der Waals surface area contributed by atoms with Crippen LogP contribution in [0, 0.1) is 0 Å². The first-order chi connectivity index (χ1) is 15.5. The molecule has 0 unspecified atom stereocenters. The summed E-state index contributed by atoms with van der Waals surface area (Å²) < 4.78 is 65.7. The molecule has 3 aromatic rings. The average Bonchev–Trinajstić information content (AvgIpc) is 3.09. The second-order valence-electron chi connectivity index (χ2n) is 7.27. The molecule has 0 aliphatic rings. The smallest absolute Gasteiger partial charge is 0.367 e. The predicted octanol–water partition coefficient (Wildman–Crippen LogP) is 4.45. The van der Waals surface area contributed by atoms with E-state index >= 15 is 0 Å². The summed E-state index contributed by atoms with van der Waals surface area (Å²) in [7, 11) is -3.73. The van der Waals surface area contributed by atoms with E-state index in [1.165, 1.54) is 23.6 Å². The summed E-state index contributed by atoms with van der Waals surface area (Å²) in [4.78, 5) is 19.1. The SMILES string of the molecule is CCc1c([C@@H](C)S(=O)(=O)c2ccccc2)[nH]c(=O)n1CCNc1ncc(C(F)(F)F)cc1Cl. The van der Waals surface area contributed by atoms with Crippen LogP contribution in [0.25, 0.3) is 0 Å². The van der Waals surface area contributed by atoms with Gasteiger partial charge in [-0.25, -0.2) is 18.2 Å². The van der Waals surface area contributed by atoms with Crippen LogP contribution in [-0.4, -0.2) is 29.5 Å². The van der Waals surface area contributed by atoms with Crippen molar-refractivity contribution in [2.45, 2.75) is 43.1 Å². The van der Waals surface area contributed by atoms with Gasteiger partial charge in [0.15, 0.2) is 9.84 Å². The first-order valence-electron chi connectivity index (χ1n) is 10.0. The number of pyridine rings is 1. The molecule has 3 rings (SSSR count). The summed E-state index contributed by atoms with van der Waals surface area (Å²) >= 11 is 5.89. The highest BCUT2D eigenvalue weighted by Gasteiger charge is 2.32. The Bertz CT molecular complexity index is 1290. The summed E-state index contributed by atoms with van der Waals surface area (Å²) in [6.45, 7) is 3.56. The number of halogens is 4. The number of anilines is 1. The van der Waals surface area contributed by atoms with Crippen molar-refractivity contribution in [1.29, 1.82) is 0 Å². The van der Waals surface area contributed by atoms with Gasteiger partial charge in [0.1, 0.15) is 11.1 Å². The molecule has 0 radical (unpaired) electrons. The third-order valence-electron chi connectivity index (χ3n) is 5.20. The van der Waals surface area contributed by atoms with E-state index in [2.05, 4.69) is 15.3 Å². The topological polar surface area (TPSA) is 96.9 Å². The summed E-state index contributed by atoms with van der Waals surface area (Å²) in [5.41, 5.74) is -0.617. The Hall–Kier alpha value is -2.79. The molecule has 12 heteroatoms. The second kappa shape index (κ2) is 9.60. The highest BCUT2D eigenvalue weighted by atomic mass is 35.5. The van der Waals surface area contributed by atoms with Gasteiger partial charge >= 0.3 is 11.9 Å². The number of sulfone groups is 1. The van der Waals surface area contributed by atoms with Crippen LogP contribution in [0.2, 0.25) is 5.02 Å². The molecule has 0 bridgehead atoms. The van der Waals surface area contributed by atoms with Gasteiger partial charge < -0.3 is 10.3 Å². The number of aromatic nitrogens is 3. The largest absolute Gasteiger partial charge is 0.417 e. The number of H-pyrrole nitrogens is 1. The zero-order chi connectivity index (χ0) is 24.4. The maximum atomic E-state index is 13.0. The van der Waals surface area contributed by atoms with E-state index < -0.39 is 32.5 Å². The molecule has 0 aliphatic heterocycles. The van der Waals surface area contributed by atoms with E-state index in [0.29, 0.717) is 24.0 Å². The van der Waals surface area contributed by atoms with Gasteiger partial charge in [-0.05, 0) is 31.5 Å². The fraction of sp³-hybridized carbons (Fsp3) is 0.333. The number of alkyl halides is 3. The van der Waals surface area contributed by atoms with E-state index in [-0.39, 0.29) is 28.8 Å². The van der Waals surface area contributed by atoms with Crippen molar-refractivity contribution in [1.82, 2.24) is 14.5 Å². The standard InChI is InChI=1S/C21H22ClF3N4O3S/c1-3-17-18(13(2)33(31,32)15-7-5-4-6-8-15)28-20(30)29(17)10-9-26-19-16(22)11-14(12-27-19)21(23,24)25/h4-8,11-13H,3,9-10H2,1-2H3,(H,26,27)(H,28,30)/t13-/m1/s1. The van der Waals surface area contributed by atoms with Crippen molar-refractivity contribution < 1.29 is 21.6 Å². The van der Waals surface area contributed by atoms with E-state index in [9.17, 15) is 26.4 Å². The van der Waals surface area contributed by atoms with Crippen molar-refractivity contribution >= 4 is 27.3 Å². The Morgan fingerprint density at radius 1 is 1.24 bits per heavy atom. The maximum absolute atomic E-state index is 13.0. The molecule has 2 aromatic heterocycles. The molecule has 7 nitrogen and oxygen atoms in total. The molecule has 2 heterocycles. The van der Waals surface area contributed by atoms with E-state index in [4.69, 9.17) is 11.6 Å². The highest BCUT2D eigenvalue weighted by molar-refractivity contribution is 7.91. The Morgan fingerprint density at radius 3 is 2.48 bits per heavy atom. The molecule has 2 N–H and O–H groups in total. The normalized spacial score (nSPS) is 13.2. The second-order valence-corrected chi connectivity index (χ2v) is 9.95. The number of nitrogens with zero attached hydrogens (tertiary/aromatic N) is 2. The number of nitrogens with one attached hydrogen (secondary N) is 2. The molecule has 1 atom stereocenters. The van der Waals surface area contributed by atoms with Crippen molar-refractivity contribution in [2.24, 2.45) is 0 Å². The lowest BCUT2D eigenvalue weighted by Crippen LogP contribution is -2.23. The lowest BCUT2D eigenvalue weighted by atomic mass is 10.2. The zero-order valence-corrected chi connectivity index (χ0v) is 19.4. The average molecular weight is 503 g/mol. The minimum atomic E-state index is -4.56. The Morgan fingerprint density at radius 2 is 1.91 bits per heavy atom. The van der Waals surface area contributed by atoms with Gasteiger partial charge in [0.05, 0.1) is 21.2 Å². The van der Waals surface area contributed by atoms with Crippen LogP contribution in [0.1, 0.15) is 36.0 Å². The van der Waals surface area contributed by atoms with Gasteiger partial charge in [-0.2, -0.15) is 13.2 Å². The van der Waals surface area contributed by atoms with Crippen molar-refractivity contribution in [2.75, 3.05) is 11.9 Å². The highest BCUT2D eigenvalue weighted by Crippen LogP contribution is 2.32. The van der Waals surface area contributed by atoms with Crippen LogP contribution in [0.3, 0.4) is 0 Å². The quantitative estimate of drug-likeness (QED) is 0.474. The summed E-state index contributed by atoms with van der Waals surface area (Å²) in [6, 6.07) is 8.73. The first kappa shape index (κ1) is 24.8. The molecule has 0 fully saturated rings. The third kappa shape index (κ3) is 5.25. The predicted molar refractivity (Wildman–Crippen MR) is 119 cm³/mol.